The molecule has 1 aliphatic carbocycles. The van der Waals surface area contributed by atoms with Crippen LogP contribution in [0, 0.1) is 0 Å². The maximum absolute atomic E-state index is 12.2. The van der Waals surface area contributed by atoms with Gasteiger partial charge in [-0.05, 0) is 39.7 Å². The molecule has 0 radical (unpaired) electrons. The Balaban J connectivity index is 2.52. The number of likely N-dealkylation sites (N-methyl/N-ethyl adjacent to an activating group) is 1. The average Bonchev–Trinajstić information content (AvgIpc) is 2.40. The molecule has 3 nitrogen and oxygen atoms in total. The quantitative estimate of drug-likeness (QED) is 0.693. The molecular formula is C16H31NO2S. The molecule has 1 N–H and O–H groups in total. The molecule has 2 unspecified atom stereocenters. The van der Waals surface area contributed by atoms with Gasteiger partial charge in [0.05, 0.1) is 6.61 Å². The van der Waals surface area contributed by atoms with Crippen LogP contribution in [0.4, 0.5) is 0 Å². The van der Waals surface area contributed by atoms with Gasteiger partial charge in [-0.15, -0.1) is 0 Å². The highest BCUT2D eigenvalue weighted by Crippen LogP contribution is 2.34. The number of ether oxygens (including phenoxy) is 1. The molecule has 0 aromatic carbocycles. The Morgan fingerprint density at radius 2 is 2.00 bits per heavy atom. The third-order valence-corrected chi connectivity index (χ3v) is 5.45. The molecule has 1 aliphatic rings. The third-order valence-electron chi connectivity index (χ3n) is 3.97. The second-order valence-electron chi connectivity index (χ2n) is 5.99. The van der Waals surface area contributed by atoms with E-state index < -0.39 is 5.54 Å². The van der Waals surface area contributed by atoms with Gasteiger partial charge in [0.25, 0.3) is 0 Å². The van der Waals surface area contributed by atoms with Crippen molar-refractivity contribution in [2.75, 3.05) is 13.2 Å². The van der Waals surface area contributed by atoms with Crippen molar-refractivity contribution in [3.8, 4) is 0 Å². The monoisotopic (exact) mass is 301 g/mol. The van der Waals surface area contributed by atoms with Crippen molar-refractivity contribution >= 4 is 17.7 Å². The predicted molar refractivity (Wildman–Crippen MR) is 87.3 cm³/mol. The van der Waals surface area contributed by atoms with Crippen LogP contribution in [0.2, 0.25) is 0 Å². The maximum Gasteiger partial charge on any atom is 0.326 e. The molecule has 2 atom stereocenters. The zero-order valence-electron chi connectivity index (χ0n) is 13.5. The topological polar surface area (TPSA) is 38.3 Å². The Labute approximate surface area is 128 Å². The largest absolute Gasteiger partial charge is 0.465 e. The van der Waals surface area contributed by atoms with Crippen LogP contribution in [-0.4, -0.2) is 35.2 Å². The second kappa shape index (κ2) is 8.93. The zero-order valence-corrected chi connectivity index (χ0v) is 14.4. The van der Waals surface area contributed by atoms with Crippen molar-refractivity contribution in [3.05, 3.63) is 0 Å². The Morgan fingerprint density at radius 3 is 2.55 bits per heavy atom. The number of hydrogen-bond donors (Lipinski definition) is 1. The van der Waals surface area contributed by atoms with Crippen LogP contribution >= 0.6 is 11.8 Å². The van der Waals surface area contributed by atoms with E-state index in [9.17, 15) is 4.79 Å². The van der Waals surface area contributed by atoms with Gasteiger partial charge in [0.2, 0.25) is 0 Å². The molecule has 118 valence electrons. The molecule has 20 heavy (non-hydrogen) atoms. The van der Waals surface area contributed by atoms with Crippen molar-refractivity contribution in [1.82, 2.24) is 5.32 Å². The van der Waals surface area contributed by atoms with Gasteiger partial charge >= 0.3 is 5.97 Å². The van der Waals surface area contributed by atoms with Gasteiger partial charge in [0.1, 0.15) is 5.54 Å². The Bertz CT molecular complexity index is 292. The van der Waals surface area contributed by atoms with Crippen LogP contribution in [0.15, 0.2) is 0 Å². The molecule has 0 aromatic rings. The molecule has 0 aliphatic heterocycles. The number of hydrogen-bond acceptors (Lipinski definition) is 4. The number of carbonyl (C=O) groups is 1. The fourth-order valence-corrected chi connectivity index (χ4v) is 4.75. The van der Waals surface area contributed by atoms with Crippen molar-refractivity contribution in [2.24, 2.45) is 0 Å². The first-order valence-corrected chi connectivity index (χ1v) is 9.03. The Morgan fingerprint density at radius 1 is 1.35 bits per heavy atom. The standard InChI is InChI=1S/C16H31NO2S/c1-5-17-16(4,15(18)19-6-2)12-13(3)20-14-10-8-7-9-11-14/h13-14,17H,5-12H2,1-4H3. The molecule has 1 rings (SSSR count). The minimum atomic E-state index is -0.550. The van der Waals surface area contributed by atoms with Gasteiger partial charge in [-0.1, -0.05) is 33.1 Å². The Hall–Kier alpha value is -0.220. The normalized spacial score (nSPS) is 21.2. The van der Waals surface area contributed by atoms with Gasteiger partial charge in [0, 0.05) is 10.5 Å². The molecule has 1 saturated carbocycles. The molecule has 0 spiro atoms. The SMILES string of the molecule is CCNC(C)(CC(C)SC1CCCCC1)C(=O)OCC. The van der Waals surface area contributed by atoms with Crippen molar-refractivity contribution in [3.63, 3.8) is 0 Å². The fraction of sp³-hybridized carbons (Fsp3) is 0.938. The highest BCUT2D eigenvalue weighted by molar-refractivity contribution is 8.00. The number of nitrogens with one attached hydrogen (secondary N) is 1. The summed E-state index contributed by atoms with van der Waals surface area (Å²) in [6.07, 6.45) is 7.64. The van der Waals surface area contributed by atoms with E-state index in [1.54, 1.807) is 0 Å². The molecule has 0 heterocycles. The molecule has 0 aromatic heterocycles. The molecule has 0 saturated heterocycles. The Kier molecular flexibility index (Phi) is 7.96. The maximum atomic E-state index is 12.2. The van der Waals surface area contributed by atoms with Crippen LogP contribution in [0.5, 0.6) is 0 Å². The highest BCUT2D eigenvalue weighted by atomic mass is 32.2. The lowest BCUT2D eigenvalue weighted by Gasteiger charge is -2.32. The summed E-state index contributed by atoms with van der Waals surface area (Å²) in [4.78, 5) is 12.2. The smallest absolute Gasteiger partial charge is 0.326 e. The van der Waals surface area contributed by atoms with Crippen molar-refractivity contribution < 1.29 is 9.53 Å². The first-order chi connectivity index (χ1) is 9.51. The molecule has 4 heteroatoms. The van der Waals surface area contributed by atoms with Crippen LogP contribution in [0.25, 0.3) is 0 Å². The first-order valence-electron chi connectivity index (χ1n) is 8.09. The van der Waals surface area contributed by atoms with E-state index >= 15 is 0 Å². The summed E-state index contributed by atoms with van der Waals surface area (Å²) in [6, 6.07) is 0. The minimum absolute atomic E-state index is 0.113. The lowest BCUT2D eigenvalue weighted by atomic mass is 9.96. The summed E-state index contributed by atoms with van der Waals surface area (Å²) in [5, 5.41) is 4.59. The van der Waals surface area contributed by atoms with Gasteiger partial charge in [-0.25, -0.2) is 0 Å². The first kappa shape index (κ1) is 17.8. The van der Waals surface area contributed by atoms with E-state index in [1.807, 2.05) is 20.8 Å². The average molecular weight is 301 g/mol. The van der Waals surface area contributed by atoms with Crippen LogP contribution in [0.3, 0.4) is 0 Å². The summed E-state index contributed by atoms with van der Waals surface area (Å²) < 4.78 is 5.24. The highest BCUT2D eigenvalue weighted by Gasteiger charge is 2.36. The van der Waals surface area contributed by atoms with Crippen LogP contribution in [-0.2, 0) is 9.53 Å². The molecular weight excluding hydrogens is 270 g/mol. The van der Waals surface area contributed by atoms with E-state index in [4.69, 9.17) is 4.74 Å². The number of thioether (sulfide) groups is 1. The number of rotatable bonds is 8. The molecule has 0 amide bonds. The van der Waals surface area contributed by atoms with E-state index in [2.05, 4.69) is 24.0 Å². The summed E-state index contributed by atoms with van der Waals surface area (Å²) >= 11 is 2.06. The van der Waals surface area contributed by atoms with Crippen molar-refractivity contribution in [1.29, 1.82) is 0 Å². The second-order valence-corrected chi connectivity index (χ2v) is 7.74. The summed E-state index contributed by atoms with van der Waals surface area (Å²) in [5.41, 5.74) is -0.550. The minimum Gasteiger partial charge on any atom is -0.465 e. The van der Waals surface area contributed by atoms with E-state index in [-0.39, 0.29) is 5.97 Å². The van der Waals surface area contributed by atoms with Crippen molar-refractivity contribution in [2.45, 2.75) is 82.3 Å². The predicted octanol–water partition coefficient (Wildman–Crippen LogP) is 3.76. The third kappa shape index (κ3) is 5.65. The van der Waals surface area contributed by atoms with Crippen LogP contribution < -0.4 is 5.32 Å². The van der Waals surface area contributed by atoms with Gasteiger partial charge in [-0.3, -0.25) is 4.79 Å². The number of esters is 1. The van der Waals surface area contributed by atoms with E-state index in [1.165, 1.54) is 32.1 Å². The molecule has 1 fully saturated rings. The fourth-order valence-electron chi connectivity index (χ4n) is 3.06. The summed E-state index contributed by atoms with van der Waals surface area (Å²) in [7, 11) is 0. The van der Waals surface area contributed by atoms with E-state index in [0.717, 1.165) is 18.2 Å². The summed E-state index contributed by atoms with van der Waals surface area (Å²) in [6.45, 7) is 9.36. The van der Waals surface area contributed by atoms with Crippen LogP contribution in [0.1, 0.15) is 66.2 Å². The summed E-state index contributed by atoms with van der Waals surface area (Å²) in [5.74, 6) is -0.113. The number of carbonyl (C=O) groups excluding carboxylic acids is 1. The van der Waals surface area contributed by atoms with E-state index in [0.29, 0.717) is 11.9 Å². The lowest BCUT2D eigenvalue weighted by Crippen LogP contribution is -2.52. The van der Waals surface area contributed by atoms with Gasteiger partial charge in [-0.2, -0.15) is 11.8 Å². The lowest BCUT2D eigenvalue weighted by molar-refractivity contribution is -0.150. The molecule has 0 bridgehead atoms. The van der Waals surface area contributed by atoms with Gasteiger partial charge in [0.15, 0.2) is 0 Å². The van der Waals surface area contributed by atoms with Gasteiger partial charge < -0.3 is 10.1 Å². The zero-order chi connectivity index (χ0) is 15.0.